The molecule has 0 aliphatic heterocycles. The predicted molar refractivity (Wildman–Crippen MR) is 67.5 cm³/mol. The molecule has 1 N–H and O–H groups in total. The number of rotatable bonds is 5. The molecule has 1 amide bonds. The molecule has 0 aliphatic carbocycles. The molecule has 98 valence electrons. The fourth-order valence-corrected chi connectivity index (χ4v) is 1.28. The molecule has 5 heteroatoms. The van der Waals surface area contributed by atoms with Gasteiger partial charge >= 0.3 is 5.97 Å². The van der Waals surface area contributed by atoms with E-state index in [1.807, 2.05) is 0 Å². The summed E-state index contributed by atoms with van der Waals surface area (Å²) in [6.45, 7) is 4.87. The summed E-state index contributed by atoms with van der Waals surface area (Å²) in [6, 6.07) is 6.75. The monoisotopic (exact) mass is 251 g/mol. The van der Waals surface area contributed by atoms with Gasteiger partial charge in [-0.2, -0.15) is 0 Å². The summed E-state index contributed by atoms with van der Waals surface area (Å²) in [6.07, 6.45) is -0.150. The van der Waals surface area contributed by atoms with Crippen LogP contribution in [-0.2, 0) is 14.3 Å². The van der Waals surface area contributed by atoms with E-state index in [0.29, 0.717) is 11.4 Å². The van der Waals surface area contributed by atoms with Crippen LogP contribution >= 0.6 is 0 Å². The van der Waals surface area contributed by atoms with Crippen LogP contribution in [0.15, 0.2) is 24.3 Å². The van der Waals surface area contributed by atoms with Gasteiger partial charge in [-0.1, -0.05) is 0 Å². The first-order valence-electron chi connectivity index (χ1n) is 5.67. The van der Waals surface area contributed by atoms with Crippen molar-refractivity contribution in [2.75, 3.05) is 11.9 Å². The zero-order valence-electron chi connectivity index (χ0n) is 10.7. The number of carbonyl (C=O) groups is 2. The zero-order chi connectivity index (χ0) is 13.5. The van der Waals surface area contributed by atoms with Gasteiger partial charge in [0, 0.05) is 12.6 Å². The SMILES string of the molecule is CC(=O)Nc1ccc(OCC(=O)OC(C)C)cc1. The second-order valence-electron chi connectivity index (χ2n) is 4.03. The molecule has 0 aromatic heterocycles. The van der Waals surface area contributed by atoms with Crippen molar-refractivity contribution in [2.24, 2.45) is 0 Å². The average molecular weight is 251 g/mol. The molecule has 18 heavy (non-hydrogen) atoms. The summed E-state index contributed by atoms with van der Waals surface area (Å²) in [4.78, 5) is 22.0. The molecular formula is C13H17NO4. The van der Waals surface area contributed by atoms with Crippen molar-refractivity contribution in [2.45, 2.75) is 26.9 Å². The molecule has 0 bridgehead atoms. The summed E-state index contributed by atoms with van der Waals surface area (Å²) in [5, 5.41) is 2.64. The fourth-order valence-electron chi connectivity index (χ4n) is 1.28. The van der Waals surface area contributed by atoms with Gasteiger partial charge in [0.05, 0.1) is 6.10 Å². The predicted octanol–water partition coefficient (Wildman–Crippen LogP) is 1.98. The van der Waals surface area contributed by atoms with Crippen molar-refractivity contribution in [3.8, 4) is 5.75 Å². The second-order valence-corrected chi connectivity index (χ2v) is 4.03. The number of benzene rings is 1. The average Bonchev–Trinajstić information content (AvgIpc) is 2.26. The van der Waals surface area contributed by atoms with E-state index in [9.17, 15) is 9.59 Å². The van der Waals surface area contributed by atoms with Gasteiger partial charge in [0.15, 0.2) is 6.61 Å². The van der Waals surface area contributed by atoms with Crippen LogP contribution in [0.5, 0.6) is 5.75 Å². The number of anilines is 1. The minimum atomic E-state index is -0.407. The van der Waals surface area contributed by atoms with Gasteiger partial charge in [-0.15, -0.1) is 0 Å². The first-order chi connectivity index (χ1) is 8.47. The number of nitrogens with one attached hydrogen (secondary N) is 1. The highest BCUT2D eigenvalue weighted by atomic mass is 16.6. The standard InChI is InChI=1S/C13H17NO4/c1-9(2)18-13(16)8-17-12-6-4-11(5-7-12)14-10(3)15/h4-7,9H,8H2,1-3H3,(H,14,15). The second kappa shape index (κ2) is 6.64. The number of esters is 1. The smallest absolute Gasteiger partial charge is 0.344 e. The third-order valence-electron chi connectivity index (χ3n) is 1.90. The summed E-state index contributed by atoms with van der Waals surface area (Å²) >= 11 is 0. The zero-order valence-corrected chi connectivity index (χ0v) is 10.7. The van der Waals surface area contributed by atoms with E-state index >= 15 is 0 Å². The quantitative estimate of drug-likeness (QED) is 0.813. The van der Waals surface area contributed by atoms with Crippen LogP contribution in [0.25, 0.3) is 0 Å². The number of amides is 1. The van der Waals surface area contributed by atoms with Gasteiger partial charge < -0.3 is 14.8 Å². The van der Waals surface area contributed by atoms with E-state index in [4.69, 9.17) is 9.47 Å². The van der Waals surface area contributed by atoms with Gasteiger partial charge in [0.1, 0.15) is 5.75 Å². The van der Waals surface area contributed by atoms with Crippen molar-refractivity contribution in [1.82, 2.24) is 0 Å². The highest BCUT2D eigenvalue weighted by Gasteiger charge is 2.06. The van der Waals surface area contributed by atoms with Crippen LogP contribution in [0.1, 0.15) is 20.8 Å². The Bertz CT molecular complexity index is 412. The van der Waals surface area contributed by atoms with Crippen molar-refractivity contribution in [1.29, 1.82) is 0 Å². The van der Waals surface area contributed by atoms with E-state index < -0.39 is 5.97 Å². The Kier molecular flexibility index (Phi) is 5.17. The number of hydrogen-bond donors (Lipinski definition) is 1. The number of carbonyl (C=O) groups excluding carboxylic acids is 2. The van der Waals surface area contributed by atoms with E-state index in [2.05, 4.69) is 5.32 Å². The van der Waals surface area contributed by atoms with Crippen molar-refractivity contribution < 1.29 is 19.1 Å². The van der Waals surface area contributed by atoms with Gasteiger partial charge in [-0.25, -0.2) is 4.79 Å². The Hall–Kier alpha value is -2.04. The highest BCUT2D eigenvalue weighted by molar-refractivity contribution is 5.88. The van der Waals surface area contributed by atoms with Crippen LogP contribution in [-0.4, -0.2) is 24.6 Å². The van der Waals surface area contributed by atoms with Gasteiger partial charge in [-0.05, 0) is 38.1 Å². The minimum Gasteiger partial charge on any atom is -0.482 e. The molecule has 0 saturated carbocycles. The van der Waals surface area contributed by atoms with Crippen LogP contribution in [0.2, 0.25) is 0 Å². The van der Waals surface area contributed by atoms with Gasteiger partial charge in [-0.3, -0.25) is 4.79 Å². The number of hydrogen-bond acceptors (Lipinski definition) is 4. The lowest BCUT2D eigenvalue weighted by molar-refractivity contribution is -0.149. The topological polar surface area (TPSA) is 64.6 Å². The maximum Gasteiger partial charge on any atom is 0.344 e. The molecule has 1 rings (SSSR count). The molecule has 0 aliphatic rings. The summed E-state index contributed by atoms with van der Waals surface area (Å²) in [5.74, 6) is 0.00456. The third kappa shape index (κ3) is 5.34. The largest absolute Gasteiger partial charge is 0.482 e. The molecule has 1 aromatic carbocycles. The molecule has 0 heterocycles. The molecule has 0 saturated heterocycles. The third-order valence-corrected chi connectivity index (χ3v) is 1.90. The van der Waals surface area contributed by atoms with Crippen molar-refractivity contribution in [3.63, 3.8) is 0 Å². The van der Waals surface area contributed by atoms with Crippen LogP contribution in [0.3, 0.4) is 0 Å². The maximum atomic E-state index is 11.2. The molecule has 0 atom stereocenters. The van der Waals surface area contributed by atoms with E-state index in [-0.39, 0.29) is 18.6 Å². The van der Waals surface area contributed by atoms with Crippen LogP contribution < -0.4 is 10.1 Å². The Balaban J connectivity index is 2.44. The number of ether oxygens (including phenoxy) is 2. The van der Waals surface area contributed by atoms with E-state index in [0.717, 1.165) is 0 Å². The van der Waals surface area contributed by atoms with E-state index in [1.165, 1.54) is 6.92 Å². The van der Waals surface area contributed by atoms with Crippen molar-refractivity contribution >= 4 is 17.6 Å². The fraction of sp³-hybridized carbons (Fsp3) is 0.385. The first kappa shape index (κ1) is 14.0. The van der Waals surface area contributed by atoms with Gasteiger partial charge in [0.25, 0.3) is 0 Å². The molecule has 0 unspecified atom stereocenters. The summed E-state index contributed by atoms with van der Waals surface area (Å²) in [5.41, 5.74) is 0.680. The molecule has 1 aromatic rings. The molecular weight excluding hydrogens is 234 g/mol. The highest BCUT2D eigenvalue weighted by Crippen LogP contribution is 2.15. The minimum absolute atomic E-state index is 0.127. The van der Waals surface area contributed by atoms with Crippen LogP contribution in [0, 0.1) is 0 Å². The molecule has 0 radical (unpaired) electrons. The lowest BCUT2D eigenvalue weighted by Gasteiger charge is -2.09. The van der Waals surface area contributed by atoms with Crippen molar-refractivity contribution in [3.05, 3.63) is 24.3 Å². The van der Waals surface area contributed by atoms with E-state index in [1.54, 1.807) is 38.1 Å². The molecule has 5 nitrogen and oxygen atoms in total. The summed E-state index contributed by atoms with van der Waals surface area (Å²) < 4.78 is 10.2. The Morgan fingerprint density at radius 3 is 2.33 bits per heavy atom. The van der Waals surface area contributed by atoms with Gasteiger partial charge in [0.2, 0.25) is 5.91 Å². The molecule has 0 fully saturated rings. The Labute approximate surface area is 106 Å². The Morgan fingerprint density at radius 2 is 1.83 bits per heavy atom. The molecule has 0 spiro atoms. The maximum absolute atomic E-state index is 11.2. The lowest BCUT2D eigenvalue weighted by Crippen LogP contribution is -2.18. The summed E-state index contributed by atoms with van der Waals surface area (Å²) in [7, 11) is 0. The Morgan fingerprint density at radius 1 is 1.22 bits per heavy atom. The van der Waals surface area contributed by atoms with Crippen LogP contribution in [0.4, 0.5) is 5.69 Å². The first-order valence-corrected chi connectivity index (χ1v) is 5.67. The normalized spacial score (nSPS) is 10.0. The lowest BCUT2D eigenvalue weighted by atomic mass is 10.3.